The molecule has 0 aliphatic heterocycles. The fraction of sp³-hybridized carbons (Fsp3) is 0.500. The molecule has 0 spiro atoms. The van der Waals surface area contributed by atoms with E-state index in [0.29, 0.717) is 11.6 Å². The molecule has 0 aromatic carbocycles. The molecule has 0 radical (unpaired) electrons. The van der Waals surface area contributed by atoms with Crippen LogP contribution in [0.2, 0.25) is 0 Å². The van der Waals surface area contributed by atoms with Crippen molar-refractivity contribution in [1.82, 2.24) is 4.98 Å². The Bertz CT molecular complexity index is 409. The van der Waals surface area contributed by atoms with Gasteiger partial charge in [0.1, 0.15) is 10.8 Å². The Morgan fingerprint density at radius 1 is 1.59 bits per heavy atom. The Kier molecular flexibility index (Phi) is 4.84. The number of pyridine rings is 1. The maximum atomic E-state index is 5.71. The van der Waals surface area contributed by atoms with E-state index in [0.717, 1.165) is 17.1 Å². The minimum Gasteiger partial charge on any atom is -0.389 e. The first-order valence-electron chi connectivity index (χ1n) is 5.46. The van der Waals surface area contributed by atoms with Crippen LogP contribution in [-0.4, -0.2) is 36.8 Å². The molecule has 1 rings (SSSR count). The number of thiocarbonyl (C=S) groups is 1. The molecule has 1 heterocycles. The summed E-state index contributed by atoms with van der Waals surface area (Å²) in [6.07, 6.45) is 0. The van der Waals surface area contributed by atoms with Crippen LogP contribution in [0.3, 0.4) is 0 Å². The van der Waals surface area contributed by atoms with Crippen LogP contribution in [0, 0.1) is 6.92 Å². The first-order valence-corrected chi connectivity index (χ1v) is 5.87. The SMILES string of the molecule is COCC(C)N(C)c1nc(C)ccc1C(N)=S. The van der Waals surface area contributed by atoms with E-state index in [9.17, 15) is 0 Å². The van der Waals surface area contributed by atoms with Crippen molar-refractivity contribution in [2.75, 3.05) is 25.7 Å². The van der Waals surface area contributed by atoms with Crippen LogP contribution >= 0.6 is 12.2 Å². The molecule has 5 heteroatoms. The molecular weight excluding hydrogens is 234 g/mol. The molecule has 0 amide bonds. The molecule has 1 atom stereocenters. The van der Waals surface area contributed by atoms with E-state index in [1.165, 1.54) is 0 Å². The lowest BCUT2D eigenvalue weighted by atomic mass is 10.2. The largest absolute Gasteiger partial charge is 0.389 e. The summed E-state index contributed by atoms with van der Waals surface area (Å²) in [5, 5.41) is 0. The Hall–Kier alpha value is -1.20. The highest BCUT2D eigenvalue weighted by molar-refractivity contribution is 7.80. The molecule has 1 aromatic rings. The number of anilines is 1. The lowest BCUT2D eigenvalue weighted by Crippen LogP contribution is -2.35. The van der Waals surface area contributed by atoms with E-state index < -0.39 is 0 Å². The smallest absolute Gasteiger partial charge is 0.139 e. The van der Waals surface area contributed by atoms with Crippen LogP contribution in [-0.2, 0) is 4.74 Å². The van der Waals surface area contributed by atoms with Gasteiger partial charge in [0.2, 0.25) is 0 Å². The number of rotatable bonds is 5. The third-order valence-corrected chi connectivity index (χ3v) is 2.90. The predicted molar refractivity (Wildman–Crippen MR) is 74.6 cm³/mol. The van der Waals surface area contributed by atoms with Crippen molar-refractivity contribution in [3.05, 3.63) is 23.4 Å². The summed E-state index contributed by atoms with van der Waals surface area (Å²) >= 11 is 5.04. The summed E-state index contributed by atoms with van der Waals surface area (Å²) in [6, 6.07) is 4.03. The summed E-state index contributed by atoms with van der Waals surface area (Å²) < 4.78 is 5.14. The average Bonchev–Trinajstić information content (AvgIpc) is 2.27. The second kappa shape index (κ2) is 5.93. The van der Waals surface area contributed by atoms with Crippen molar-refractivity contribution in [1.29, 1.82) is 0 Å². The van der Waals surface area contributed by atoms with Crippen LogP contribution < -0.4 is 10.6 Å². The van der Waals surface area contributed by atoms with Gasteiger partial charge in [0.15, 0.2) is 0 Å². The van der Waals surface area contributed by atoms with Crippen LogP contribution in [0.4, 0.5) is 5.82 Å². The van der Waals surface area contributed by atoms with Crippen LogP contribution in [0.15, 0.2) is 12.1 Å². The van der Waals surface area contributed by atoms with Gasteiger partial charge in [-0.3, -0.25) is 0 Å². The molecule has 0 bridgehead atoms. The molecule has 0 saturated carbocycles. The zero-order valence-electron chi connectivity index (χ0n) is 10.7. The van der Waals surface area contributed by atoms with Crippen LogP contribution in [0.1, 0.15) is 18.2 Å². The standard InChI is InChI=1S/C12H19N3OS/c1-8-5-6-10(11(13)17)12(14-8)15(3)9(2)7-16-4/h5-6,9H,7H2,1-4H3,(H2,13,17). The van der Waals surface area contributed by atoms with E-state index in [-0.39, 0.29) is 6.04 Å². The van der Waals surface area contributed by atoms with Crippen LogP contribution in [0.25, 0.3) is 0 Å². The number of hydrogen-bond acceptors (Lipinski definition) is 4. The van der Waals surface area contributed by atoms with Gasteiger partial charge in [-0.25, -0.2) is 4.98 Å². The van der Waals surface area contributed by atoms with Crippen molar-refractivity contribution in [2.24, 2.45) is 5.73 Å². The lowest BCUT2D eigenvalue weighted by Gasteiger charge is -2.27. The van der Waals surface area contributed by atoms with Gasteiger partial charge in [0, 0.05) is 19.9 Å². The quantitative estimate of drug-likeness (QED) is 0.806. The summed E-state index contributed by atoms with van der Waals surface area (Å²) in [6.45, 7) is 4.64. The van der Waals surface area contributed by atoms with Gasteiger partial charge in [0.25, 0.3) is 0 Å². The fourth-order valence-electron chi connectivity index (χ4n) is 1.57. The van der Waals surface area contributed by atoms with Crippen molar-refractivity contribution >= 4 is 23.0 Å². The number of nitrogens with two attached hydrogens (primary N) is 1. The monoisotopic (exact) mass is 253 g/mol. The summed E-state index contributed by atoms with van der Waals surface area (Å²) in [7, 11) is 3.65. The van der Waals surface area contributed by atoms with E-state index in [4.69, 9.17) is 22.7 Å². The van der Waals surface area contributed by atoms with E-state index in [1.807, 2.05) is 31.0 Å². The maximum absolute atomic E-state index is 5.71. The highest BCUT2D eigenvalue weighted by atomic mass is 32.1. The topological polar surface area (TPSA) is 51.4 Å². The van der Waals surface area contributed by atoms with Gasteiger partial charge < -0.3 is 15.4 Å². The molecule has 0 saturated heterocycles. The Labute approximate surface area is 108 Å². The first-order chi connectivity index (χ1) is 7.97. The van der Waals surface area contributed by atoms with Crippen molar-refractivity contribution < 1.29 is 4.74 Å². The molecule has 0 aliphatic rings. The fourth-order valence-corrected chi connectivity index (χ4v) is 1.73. The van der Waals surface area contributed by atoms with Gasteiger partial charge in [-0.15, -0.1) is 0 Å². The highest BCUT2D eigenvalue weighted by Gasteiger charge is 2.16. The number of aryl methyl sites for hydroxylation is 1. The summed E-state index contributed by atoms with van der Waals surface area (Å²) in [5.41, 5.74) is 7.45. The zero-order valence-corrected chi connectivity index (χ0v) is 11.5. The number of aromatic nitrogens is 1. The molecule has 0 aliphatic carbocycles. The van der Waals surface area contributed by atoms with E-state index >= 15 is 0 Å². The van der Waals surface area contributed by atoms with E-state index in [2.05, 4.69) is 11.9 Å². The molecule has 1 aromatic heterocycles. The normalized spacial score (nSPS) is 12.2. The Balaban J connectivity index is 3.10. The third kappa shape index (κ3) is 3.38. The predicted octanol–water partition coefficient (Wildman–Crippen LogP) is 1.50. The maximum Gasteiger partial charge on any atom is 0.139 e. The number of likely N-dealkylation sites (N-methyl/N-ethyl adjacent to an activating group) is 1. The second-order valence-electron chi connectivity index (χ2n) is 4.10. The highest BCUT2D eigenvalue weighted by Crippen LogP contribution is 2.19. The number of nitrogens with zero attached hydrogens (tertiary/aromatic N) is 2. The van der Waals surface area contributed by atoms with E-state index in [1.54, 1.807) is 7.11 Å². The molecule has 17 heavy (non-hydrogen) atoms. The molecule has 1 unspecified atom stereocenters. The molecule has 4 nitrogen and oxygen atoms in total. The minimum absolute atomic E-state index is 0.211. The number of methoxy groups -OCH3 is 1. The second-order valence-corrected chi connectivity index (χ2v) is 4.54. The van der Waals surface area contributed by atoms with Crippen molar-refractivity contribution in [3.8, 4) is 0 Å². The Morgan fingerprint density at radius 3 is 2.76 bits per heavy atom. The van der Waals surface area contributed by atoms with Gasteiger partial charge in [0.05, 0.1) is 18.2 Å². The number of ether oxygens (including phenoxy) is 1. The third-order valence-electron chi connectivity index (χ3n) is 2.68. The number of hydrogen-bond donors (Lipinski definition) is 1. The van der Waals surface area contributed by atoms with Crippen LogP contribution in [0.5, 0.6) is 0 Å². The summed E-state index contributed by atoms with van der Waals surface area (Å²) in [5.74, 6) is 0.807. The van der Waals surface area contributed by atoms with Gasteiger partial charge in [-0.1, -0.05) is 12.2 Å². The molecule has 94 valence electrons. The van der Waals surface area contributed by atoms with Crippen molar-refractivity contribution in [2.45, 2.75) is 19.9 Å². The lowest BCUT2D eigenvalue weighted by molar-refractivity contribution is 0.183. The average molecular weight is 253 g/mol. The van der Waals surface area contributed by atoms with Gasteiger partial charge in [-0.2, -0.15) is 0 Å². The van der Waals surface area contributed by atoms with Crippen molar-refractivity contribution in [3.63, 3.8) is 0 Å². The Morgan fingerprint density at radius 2 is 2.24 bits per heavy atom. The zero-order chi connectivity index (χ0) is 13.0. The first kappa shape index (κ1) is 13.9. The molecule has 2 N–H and O–H groups in total. The van der Waals surface area contributed by atoms with Gasteiger partial charge >= 0.3 is 0 Å². The summed E-state index contributed by atoms with van der Waals surface area (Å²) in [4.78, 5) is 6.90. The molecular formula is C12H19N3OS. The van der Waals surface area contributed by atoms with Gasteiger partial charge in [-0.05, 0) is 26.0 Å². The molecule has 0 fully saturated rings. The minimum atomic E-state index is 0.211.